The normalized spacial score (nSPS) is 17.4. The molecule has 1 saturated carbocycles. The first-order valence-electron chi connectivity index (χ1n) is 15.9. The first kappa shape index (κ1) is 33.8. The Morgan fingerprint density at radius 3 is 2.44 bits per heavy atom. The third kappa shape index (κ3) is 7.95. The van der Waals surface area contributed by atoms with Crippen molar-refractivity contribution in [2.24, 2.45) is 5.92 Å². The lowest BCUT2D eigenvalue weighted by Gasteiger charge is -2.32. The molecule has 0 spiro atoms. The third-order valence-corrected chi connectivity index (χ3v) is 9.52. The Hall–Kier alpha value is -4.10. The number of nitrogens with zero attached hydrogens (tertiary/aromatic N) is 4. The van der Waals surface area contributed by atoms with E-state index in [1.54, 1.807) is 30.3 Å². The Morgan fingerprint density at radius 2 is 1.73 bits per heavy atom. The van der Waals surface area contributed by atoms with Crippen molar-refractivity contribution in [1.29, 1.82) is 0 Å². The average molecular weight is 700 g/mol. The maximum atomic E-state index is 13.4. The smallest absolute Gasteiger partial charge is 0.326 e. The Balaban J connectivity index is 1.15. The fourth-order valence-electron chi connectivity index (χ4n) is 5.79. The van der Waals surface area contributed by atoms with Crippen molar-refractivity contribution in [2.75, 3.05) is 64.8 Å². The predicted octanol–water partition coefficient (Wildman–Crippen LogP) is 3.80. The van der Waals surface area contributed by atoms with E-state index in [2.05, 4.69) is 22.2 Å². The van der Waals surface area contributed by atoms with Crippen molar-refractivity contribution in [3.8, 4) is 11.5 Å². The van der Waals surface area contributed by atoms with Gasteiger partial charge in [0.25, 0.3) is 11.8 Å². The highest BCUT2D eigenvalue weighted by molar-refractivity contribution is 6.35. The summed E-state index contributed by atoms with van der Waals surface area (Å²) in [5, 5.41) is 23.8. The van der Waals surface area contributed by atoms with Crippen molar-refractivity contribution >= 4 is 46.7 Å². The van der Waals surface area contributed by atoms with E-state index in [4.69, 9.17) is 32.7 Å². The zero-order valence-electron chi connectivity index (χ0n) is 26.5. The minimum atomic E-state index is -1.00. The number of amides is 2. The second-order valence-corrected chi connectivity index (χ2v) is 13.3. The summed E-state index contributed by atoms with van der Waals surface area (Å²) in [5.74, 6) is -1.42. The molecule has 14 heteroatoms. The van der Waals surface area contributed by atoms with E-state index in [1.165, 1.54) is 18.5 Å². The maximum Gasteiger partial charge on any atom is 0.326 e. The molecule has 6 rings (SSSR count). The molecule has 1 atom stereocenters. The summed E-state index contributed by atoms with van der Waals surface area (Å²) in [6.45, 7) is 5.40. The monoisotopic (exact) mass is 698 g/mol. The Morgan fingerprint density at radius 1 is 1.02 bits per heavy atom. The number of anilines is 1. The fraction of sp³-hybridized carbons (Fsp3) is 0.412. The zero-order chi connectivity index (χ0) is 33.9. The van der Waals surface area contributed by atoms with Crippen molar-refractivity contribution in [3.05, 3.63) is 81.1 Å². The molecule has 2 aromatic carbocycles. The number of piperazine rings is 1. The van der Waals surface area contributed by atoms with Crippen LogP contribution in [0.1, 0.15) is 50.8 Å². The van der Waals surface area contributed by atoms with E-state index in [-0.39, 0.29) is 39.1 Å². The van der Waals surface area contributed by atoms with Crippen LogP contribution in [0.25, 0.3) is 0 Å². The summed E-state index contributed by atoms with van der Waals surface area (Å²) in [4.78, 5) is 45.6. The Kier molecular flexibility index (Phi) is 10.3. The van der Waals surface area contributed by atoms with E-state index in [0.29, 0.717) is 35.9 Å². The lowest BCUT2D eigenvalue weighted by Crippen LogP contribution is -2.45. The third-order valence-electron chi connectivity index (χ3n) is 8.87. The van der Waals surface area contributed by atoms with E-state index < -0.39 is 30.4 Å². The molecule has 1 saturated heterocycles. The molecular weight excluding hydrogens is 661 g/mol. The number of likely N-dealkylation sites (N-methyl/N-ethyl adjacent to an activating group) is 1. The highest BCUT2D eigenvalue weighted by Crippen LogP contribution is 2.37. The number of halogens is 2. The van der Waals surface area contributed by atoms with Gasteiger partial charge in [-0.25, -0.2) is 0 Å². The summed E-state index contributed by atoms with van der Waals surface area (Å²) in [5.41, 5.74) is 1.99. The number of fused-ring (bicyclic) bond motifs is 1. The van der Waals surface area contributed by atoms with Crippen LogP contribution in [0.15, 0.2) is 48.8 Å². The molecule has 1 aromatic heterocycles. The molecular formula is C34H38Cl2N5O7+. The highest BCUT2D eigenvalue weighted by Gasteiger charge is 2.38. The number of benzene rings is 2. The summed E-state index contributed by atoms with van der Waals surface area (Å²) in [6, 6.07) is 9.58. The number of aromatic nitrogens is 1. The van der Waals surface area contributed by atoms with Gasteiger partial charge < -0.3 is 24.8 Å². The summed E-state index contributed by atoms with van der Waals surface area (Å²) in [6.07, 6.45) is 3.60. The molecule has 0 radical (unpaired) electrons. The first-order chi connectivity index (χ1) is 23.0. The minimum Gasteiger partial charge on any atom is -0.504 e. The number of aromatic hydroxyl groups is 1. The number of carbonyl (C=O) groups is 3. The van der Waals surface area contributed by atoms with E-state index in [0.717, 1.165) is 55.2 Å². The van der Waals surface area contributed by atoms with Crippen molar-refractivity contribution in [3.63, 3.8) is 0 Å². The highest BCUT2D eigenvalue weighted by atomic mass is 35.5. The number of nitrogens with one attached hydrogen (secondary N) is 1. The SMILES string of the molecule is CN1CCN(CCNc2ccc3c(c2)C(=O)N(CC(=O)O[C@@H](Cc2c(Cl)c[n+](O)cc2Cl)c2ccc(O)c(OCC4CC4)c2)C3=O)CC1. The molecule has 0 unspecified atom stereocenters. The number of carbonyl (C=O) groups excluding carboxylic acids is 3. The van der Waals surface area contributed by atoms with Crippen LogP contribution in [0.3, 0.4) is 0 Å². The van der Waals surface area contributed by atoms with Gasteiger partial charge in [0.15, 0.2) is 11.5 Å². The second kappa shape index (κ2) is 14.6. The van der Waals surface area contributed by atoms with Gasteiger partial charge in [-0.15, -0.1) is 0 Å². The van der Waals surface area contributed by atoms with Gasteiger partial charge in [-0.1, -0.05) is 29.3 Å². The van der Waals surface area contributed by atoms with Crippen molar-refractivity contribution in [2.45, 2.75) is 25.4 Å². The summed E-state index contributed by atoms with van der Waals surface area (Å²) < 4.78 is 12.4. The van der Waals surface area contributed by atoms with Crippen LogP contribution in [-0.2, 0) is 16.0 Å². The largest absolute Gasteiger partial charge is 0.504 e. The second-order valence-electron chi connectivity index (χ2n) is 12.5. The van der Waals surface area contributed by atoms with Gasteiger partial charge in [-0.05, 0) is 61.7 Å². The summed E-state index contributed by atoms with van der Waals surface area (Å²) in [7, 11) is 2.11. The molecule has 3 aromatic rings. The maximum absolute atomic E-state index is 13.4. The molecule has 12 nitrogen and oxygen atoms in total. The topological polar surface area (TPSA) is 136 Å². The van der Waals surface area contributed by atoms with Gasteiger partial charge >= 0.3 is 5.97 Å². The molecule has 3 aliphatic rings. The zero-order valence-corrected chi connectivity index (χ0v) is 28.0. The van der Waals surface area contributed by atoms with Crippen LogP contribution in [0.2, 0.25) is 10.0 Å². The quantitative estimate of drug-likeness (QED) is 0.105. The molecule has 1 aliphatic carbocycles. The van der Waals surface area contributed by atoms with Gasteiger partial charge in [-0.3, -0.25) is 29.4 Å². The van der Waals surface area contributed by atoms with Crippen LogP contribution in [0.4, 0.5) is 5.69 Å². The number of hydrogen-bond donors (Lipinski definition) is 3. The minimum absolute atomic E-state index is 0.0115. The molecule has 0 bridgehead atoms. The lowest BCUT2D eigenvalue weighted by atomic mass is 10.0. The predicted molar refractivity (Wildman–Crippen MR) is 177 cm³/mol. The number of esters is 1. The summed E-state index contributed by atoms with van der Waals surface area (Å²) >= 11 is 12.8. The average Bonchev–Trinajstić information content (AvgIpc) is 3.86. The lowest BCUT2D eigenvalue weighted by molar-refractivity contribution is -0.904. The molecule has 2 fully saturated rings. The Labute approximate surface area is 288 Å². The number of phenols is 1. The number of phenolic OH excluding ortho intramolecular Hbond substituents is 1. The number of ether oxygens (including phenoxy) is 2. The first-order valence-corrected chi connectivity index (χ1v) is 16.7. The van der Waals surface area contributed by atoms with Gasteiger partial charge in [0, 0.05) is 61.7 Å². The van der Waals surface area contributed by atoms with Gasteiger partial charge in [0.1, 0.15) is 22.7 Å². The molecule has 2 aliphatic heterocycles. The fourth-order valence-corrected chi connectivity index (χ4v) is 6.39. The Bertz CT molecular complexity index is 1690. The molecule has 48 heavy (non-hydrogen) atoms. The number of hydrogen-bond acceptors (Lipinski definition) is 10. The van der Waals surface area contributed by atoms with Crippen LogP contribution < -0.4 is 14.8 Å². The molecule has 3 N–H and O–H groups in total. The van der Waals surface area contributed by atoms with Crippen LogP contribution in [0, 0.1) is 5.92 Å². The number of rotatable bonds is 13. The molecule has 254 valence electrons. The van der Waals surface area contributed by atoms with E-state index >= 15 is 0 Å². The van der Waals surface area contributed by atoms with Crippen LogP contribution in [0.5, 0.6) is 11.5 Å². The number of pyridine rings is 1. The molecule has 3 heterocycles. The van der Waals surface area contributed by atoms with Crippen molar-refractivity contribution in [1.82, 2.24) is 14.7 Å². The standard InChI is InChI=1S/C34H37Cl2N5O7/c1-38-10-12-39(13-11-38)9-8-37-23-5-6-24-25(15-23)34(45)41(33(24)44)19-32(43)48-30(16-26-27(35)17-40(46)18-28(26)36)22-4-7-29(42)31(14-22)47-20-21-2-3-21/h4-7,14-15,17-18,21,30H,2-3,8-13,16,19-20H2,1H3,(H2-,37,42,44,46)/p+1/t30-/m0/s1. The van der Waals surface area contributed by atoms with Gasteiger partial charge in [0.05, 0.1) is 17.7 Å². The van der Waals surface area contributed by atoms with Gasteiger partial charge in [-0.2, -0.15) is 0 Å². The number of imide groups is 1. The molecule has 2 amide bonds. The van der Waals surface area contributed by atoms with Crippen LogP contribution >= 0.6 is 23.2 Å². The van der Waals surface area contributed by atoms with Crippen molar-refractivity contribution < 1.29 is 38.9 Å². The van der Waals surface area contributed by atoms with Crippen LogP contribution in [-0.4, -0.2) is 102 Å². The van der Waals surface area contributed by atoms with E-state index in [1.807, 2.05) is 0 Å². The van der Waals surface area contributed by atoms with E-state index in [9.17, 15) is 24.7 Å². The van der Waals surface area contributed by atoms with Gasteiger partial charge in [0.2, 0.25) is 12.4 Å².